The summed E-state index contributed by atoms with van der Waals surface area (Å²) in [5, 5.41) is 3.90. The van der Waals surface area contributed by atoms with Crippen molar-refractivity contribution in [1.29, 1.82) is 0 Å². The maximum Gasteiger partial charge on any atom is 0.316 e. The summed E-state index contributed by atoms with van der Waals surface area (Å²) in [4.78, 5) is 19.6. The van der Waals surface area contributed by atoms with Gasteiger partial charge in [0.25, 0.3) is 10.0 Å². The van der Waals surface area contributed by atoms with Gasteiger partial charge in [-0.05, 0) is 57.7 Å². The van der Waals surface area contributed by atoms with Gasteiger partial charge in [0, 0.05) is 18.0 Å². The highest BCUT2D eigenvalue weighted by Gasteiger charge is 2.27. The number of amides is 1. The zero-order valence-electron chi connectivity index (χ0n) is 17.9. The predicted octanol–water partition coefficient (Wildman–Crippen LogP) is 4.07. The van der Waals surface area contributed by atoms with Crippen LogP contribution >= 0.6 is 11.3 Å². The molecule has 8 nitrogen and oxygen atoms in total. The van der Waals surface area contributed by atoms with E-state index in [4.69, 9.17) is 4.52 Å². The van der Waals surface area contributed by atoms with E-state index < -0.39 is 10.0 Å². The first kappa shape index (κ1) is 21.5. The van der Waals surface area contributed by atoms with E-state index in [1.165, 1.54) is 17.4 Å². The highest BCUT2D eigenvalue weighted by atomic mass is 32.2. The van der Waals surface area contributed by atoms with Gasteiger partial charge < -0.3 is 9.42 Å². The number of hydrogen-bond donors (Lipinski definition) is 1. The average molecular weight is 461 g/mol. The third-order valence-electron chi connectivity index (χ3n) is 5.30. The van der Waals surface area contributed by atoms with E-state index in [0.29, 0.717) is 28.5 Å². The lowest BCUT2D eigenvalue weighted by Gasteiger charge is -2.14. The zero-order valence-corrected chi connectivity index (χ0v) is 19.5. The Labute approximate surface area is 185 Å². The van der Waals surface area contributed by atoms with Crippen molar-refractivity contribution in [2.75, 3.05) is 17.8 Å². The molecule has 1 saturated heterocycles. The molecule has 0 atom stereocenters. The minimum atomic E-state index is -3.81. The molecule has 3 aromatic rings. The molecule has 10 heteroatoms. The molecule has 1 aliphatic heterocycles. The van der Waals surface area contributed by atoms with E-state index >= 15 is 0 Å². The molecule has 0 spiro atoms. The quantitative estimate of drug-likeness (QED) is 0.615. The van der Waals surface area contributed by atoms with Gasteiger partial charge in [0.15, 0.2) is 0 Å². The van der Waals surface area contributed by atoms with Crippen LogP contribution in [-0.2, 0) is 10.0 Å². The fraction of sp³-hybridized carbons (Fsp3) is 0.381. The summed E-state index contributed by atoms with van der Waals surface area (Å²) in [5.41, 5.74) is 3.37. The van der Waals surface area contributed by atoms with Gasteiger partial charge in [-0.15, -0.1) is 11.3 Å². The van der Waals surface area contributed by atoms with Crippen molar-refractivity contribution < 1.29 is 17.7 Å². The molecule has 4 rings (SSSR count). The molecule has 3 heterocycles. The SMILES string of the molecule is Cc1cc(C)c(NS(=O)(=O)c2cc(-c3noc(C(=O)N4CCCC4)n3)sc2C)c(C)c1. The number of thiophene rings is 1. The predicted molar refractivity (Wildman–Crippen MR) is 119 cm³/mol. The Morgan fingerprint density at radius 2 is 1.74 bits per heavy atom. The Bertz CT molecular complexity index is 1230. The number of hydrogen-bond acceptors (Lipinski definition) is 7. The zero-order chi connectivity index (χ0) is 22.3. The average Bonchev–Trinajstić information content (AvgIpc) is 3.44. The number of anilines is 1. The summed E-state index contributed by atoms with van der Waals surface area (Å²) in [6.45, 7) is 8.82. The molecule has 2 aromatic heterocycles. The molecular weight excluding hydrogens is 436 g/mol. The number of likely N-dealkylation sites (tertiary alicyclic amines) is 1. The minimum Gasteiger partial charge on any atom is -0.334 e. The number of rotatable bonds is 5. The second-order valence-electron chi connectivity index (χ2n) is 7.83. The Morgan fingerprint density at radius 1 is 1.10 bits per heavy atom. The van der Waals surface area contributed by atoms with Crippen molar-refractivity contribution in [3.63, 3.8) is 0 Å². The summed E-state index contributed by atoms with van der Waals surface area (Å²) in [5.74, 6) is -0.152. The number of carbonyl (C=O) groups is 1. The number of carbonyl (C=O) groups excluding carboxylic acids is 1. The first-order chi connectivity index (χ1) is 14.7. The first-order valence-electron chi connectivity index (χ1n) is 10.00. The number of aryl methyl sites for hydroxylation is 4. The molecule has 0 bridgehead atoms. The van der Waals surface area contributed by atoms with Crippen LogP contribution in [0, 0.1) is 27.7 Å². The van der Waals surface area contributed by atoms with Crippen LogP contribution in [0.2, 0.25) is 0 Å². The molecule has 1 N–H and O–H groups in total. The van der Waals surface area contributed by atoms with Crippen LogP contribution in [0.4, 0.5) is 5.69 Å². The van der Waals surface area contributed by atoms with Crippen LogP contribution in [0.3, 0.4) is 0 Å². The summed E-state index contributed by atoms with van der Waals surface area (Å²) in [6.07, 6.45) is 1.93. The van der Waals surface area contributed by atoms with Crippen molar-refractivity contribution in [3.8, 4) is 10.7 Å². The van der Waals surface area contributed by atoms with Crippen molar-refractivity contribution in [1.82, 2.24) is 15.0 Å². The lowest BCUT2D eigenvalue weighted by atomic mass is 10.1. The van der Waals surface area contributed by atoms with E-state index in [0.717, 1.165) is 29.5 Å². The van der Waals surface area contributed by atoms with Crippen molar-refractivity contribution in [3.05, 3.63) is 45.7 Å². The summed E-state index contributed by atoms with van der Waals surface area (Å²) in [7, 11) is -3.81. The van der Waals surface area contributed by atoms with Gasteiger partial charge in [0.2, 0.25) is 5.82 Å². The molecule has 1 fully saturated rings. The Kier molecular flexibility index (Phi) is 5.61. The lowest BCUT2D eigenvalue weighted by molar-refractivity contribution is 0.0743. The van der Waals surface area contributed by atoms with Gasteiger partial charge in [0.1, 0.15) is 4.90 Å². The van der Waals surface area contributed by atoms with Crippen LogP contribution in [0.1, 0.15) is 45.1 Å². The Hall–Kier alpha value is -2.72. The Morgan fingerprint density at radius 3 is 2.39 bits per heavy atom. The van der Waals surface area contributed by atoms with E-state index in [2.05, 4.69) is 14.9 Å². The minimum absolute atomic E-state index is 0.0728. The molecule has 31 heavy (non-hydrogen) atoms. The number of aromatic nitrogens is 2. The maximum absolute atomic E-state index is 13.1. The molecular formula is C21H24N4O4S2. The normalized spacial score (nSPS) is 14.3. The van der Waals surface area contributed by atoms with Crippen LogP contribution in [-0.4, -0.2) is 42.5 Å². The van der Waals surface area contributed by atoms with Crippen molar-refractivity contribution >= 4 is 33.0 Å². The van der Waals surface area contributed by atoms with E-state index in [-0.39, 0.29) is 22.5 Å². The number of benzene rings is 1. The fourth-order valence-electron chi connectivity index (χ4n) is 3.84. The topological polar surface area (TPSA) is 105 Å². The molecule has 0 unspecified atom stereocenters. The summed E-state index contributed by atoms with van der Waals surface area (Å²) < 4.78 is 34.1. The fourth-order valence-corrected chi connectivity index (χ4v) is 6.56. The smallest absolute Gasteiger partial charge is 0.316 e. The molecule has 1 aliphatic rings. The van der Waals surface area contributed by atoms with E-state index in [9.17, 15) is 13.2 Å². The summed E-state index contributed by atoms with van der Waals surface area (Å²) >= 11 is 1.24. The van der Waals surface area contributed by atoms with Crippen LogP contribution in [0.15, 0.2) is 27.6 Å². The molecule has 1 aromatic carbocycles. The van der Waals surface area contributed by atoms with Gasteiger partial charge in [-0.1, -0.05) is 22.9 Å². The van der Waals surface area contributed by atoms with E-state index in [1.54, 1.807) is 11.8 Å². The third-order valence-corrected chi connectivity index (χ3v) is 7.95. The highest BCUT2D eigenvalue weighted by Crippen LogP contribution is 2.34. The van der Waals surface area contributed by atoms with Crippen molar-refractivity contribution in [2.24, 2.45) is 0 Å². The molecule has 0 radical (unpaired) electrons. The van der Waals surface area contributed by atoms with E-state index in [1.807, 2.05) is 32.9 Å². The standard InChI is InChI=1S/C21H24N4O4S2/c1-12-9-13(2)18(14(3)10-12)24-31(27,28)17-11-16(30-15(17)4)19-22-20(29-23-19)21(26)25-7-5-6-8-25/h9-11,24H,5-8H2,1-4H3. The number of nitrogens with zero attached hydrogens (tertiary/aromatic N) is 3. The van der Waals surface area contributed by atoms with Gasteiger partial charge in [-0.25, -0.2) is 8.42 Å². The van der Waals surface area contributed by atoms with Gasteiger partial charge in [0.05, 0.1) is 10.6 Å². The monoisotopic (exact) mass is 460 g/mol. The second-order valence-corrected chi connectivity index (χ2v) is 10.7. The lowest BCUT2D eigenvalue weighted by Crippen LogP contribution is -2.27. The summed E-state index contributed by atoms with van der Waals surface area (Å²) in [6, 6.07) is 5.40. The molecule has 1 amide bonds. The largest absolute Gasteiger partial charge is 0.334 e. The van der Waals surface area contributed by atoms with Crippen molar-refractivity contribution in [2.45, 2.75) is 45.4 Å². The second kappa shape index (κ2) is 8.08. The number of sulfonamides is 1. The first-order valence-corrected chi connectivity index (χ1v) is 12.3. The molecule has 0 saturated carbocycles. The van der Waals surface area contributed by atoms with Gasteiger partial charge in [-0.2, -0.15) is 4.98 Å². The molecule has 164 valence electrons. The van der Waals surface area contributed by atoms with Gasteiger partial charge in [-0.3, -0.25) is 9.52 Å². The third kappa shape index (κ3) is 4.22. The maximum atomic E-state index is 13.1. The molecule has 0 aliphatic carbocycles. The highest BCUT2D eigenvalue weighted by molar-refractivity contribution is 7.93. The van der Waals surface area contributed by atoms with Crippen LogP contribution < -0.4 is 4.72 Å². The van der Waals surface area contributed by atoms with Gasteiger partial charge >= 0.3 is 11.8 Å². The van der Waals surface area contributed by atoms with Crippen LogP contribution in [0.25, 0.3) is 10.7 Å². The Balaban J connectivity index is 1.61. The number of nitrogens with one attached hydrogen (secondary N) is 1. The van der Waals surface area contributed by atoms with Crippen LogP contribution in [0.5, 0.6) is 0 Å².